The smallest absolute Gasteiger partial charge is 0.339 e. The average molecular weight is 676 g/mol. The minimum Gasteiger partial charge on any atom is -0.490 e. The molecule has 10 heteroatoms. The molecule has 4 rings (SSSR count). The van der Waals surface area contributed by atoms with Crippen molar-refractivity contribution in [2.45, 2.75) is 39.0 Å². The molecule has 6 nitrogen and oxygen atoms in total. The van der Waals surface area contributed by atoms with Crippen LogP contribution >= 0.6 is 46.4 Å². The van der Waals surface area contributed by atoms with Gasteiger partial charge in [-0.2, -0.15) is 0 Å². The lowest BCUT2D eigenvalue weighted by Crippen LogP contribution is -2.05. The van der Waals surface area contributed by atoms with Crippen LogP contribution in [0, 0.1) is 6.92 Å². The van der Waals surface area contributed by atoms with Crippen molar-refractivity contribution in [1.29, 1.82) is 0 Å². The molecule has 0 aliphatic carbocycles. The Morgan fingerprint density at radius 3 is 1.57 bits per heavy atom. The molecule has 0 bridgehead atoms. The van der Waals surface area contributed by atoms with E-state index in [2.05, 4.69) is 10.6 Å². The monoisotopic (exact) mass is 674 g/mol. The number of ether oxygens (including phenoxy) is 3. The SMILES string of the molecule is COC(=O)c1ccccc1Nc1cc(Cl)c(OCCCCCCCOc2c(Cl)cc(Nc3ccccc3C)cc2Cl)c(Cl)c1. The van der Waals surface area contributed by atoms with Crippen molar-refractivity contribution in [3.8, 4) is 11.5 Å². The molecule has 4 aromatic carbocycles. The van der Waals surface area contributed by atoms with E-state index in [-0.39, 0.29) is 0 Å². The first-order valence-electron chi connectivity index (χ1n) is 14.3. The zero-order valence-electron chi connectivity index (χ0n) is 24.5. The third-order valence-electron chi connectivity index (χ3n) is 6.81. The average Bonchev–Trinajstić information content (AvgIpc) is 2.99. The number of rotatable bonds is 15. The molecule has 0 unspecified atom stereocenters. The minimum absolute atomic E-state index is 0.379. The van der Waals surface area contributed by atoms with Gasteiger partial charge in [0.25, 0.3) is 0 Å². The normalized spacial score (nSPS) is 10.8. The predicted octanol–water partition coefficient (Wildman–Crippen LogP) is 11.3. The zero-order chi connectivity index (χ0) is 31.5. The molecule has 0 saturated carbocycles. The summed E-state index contributed by atoms with van der Waals surface area (Å²) in [7, 11) is 1.34. The van der Waals surface area contributed by atoms with E-state index in [4.69, 9.17) is 60.6 Å². The summed E-state index contributed by atoms with van der Waals surface area (Å²) in [6.45, 7) is 3.05. The first kappa shape index (κ1) is 33.6. The maximum atomic E-state index is 12.1. The zero-order valence-corrected chi connectivity index (χ0v) is 27.5. The number of aryl methyl sites for hydroxylation is 1. The molecule has 0 spiro atoms. The Kier molecular flexibility index (Phi) is 12.7. The van der Waals surface area contributed by atoms with Gasteiger partial charge in [-0.1, -0.05) is 96.0 Å². The van der Waals surface area contributed by atoms with Crippen molar-refractivity contribution in [2.24, 2.45) is 0 Å². The van der Waals surface area contributed by atoms with Gasteiger partial charge < -0.3 is 24.8 Å². The topological polar surface area (TPSA) is 68.8 Å². The summed E-state index contributed by atoms with van der Waals surface area (Å²) in [5.41, 5.74) is 4.55. The Balaban J connectivity index is 1.16. The number of esters is 1. The van der Waals surface area contributed by atoms with E-state index in [0.717, 1.165) is 49.0 Å². The van der Waals surface area contributed by atoms with Gasteiger partial charge in [0.1, 0.15) is 0 Å². The maximum Gasteiger partial charge on any atom is 0.339 e. The van der Waals surface area contributed by atoms with E-state index < -0.39 is 5.97 Å². The van der Waals surface area contributed by atoms with Crippen molar-refractivity contribution in [1.82, 2.24) is 0 Å². The van der Waals surface area contributed by atoms with Crippen LogP contribution in [0.4, 0.5) is 22.7 Å². The van der Waals surface area contributed by atoms with E-state index in [1.807, 2.05) is 49.4 Å². The van der Waals surface area contributed by atoms with Gasteiger partial charge >= 0.3 is 5.97 Å². The number of carbonyl (C=O) groups is 1. The molecule has 0 heterocycles. The highest BCUT2D eigenvalue weighted by Gasteiger charge is 2.15. The van der Waals surface area contributed by atoms with Crippen LogP contribution in [0.25, 0.3) is 0 Å². The van der Waals surface area contributed by atoms with Gasteiger partial charge in [-0.15, -0.1) is 0 Å². The van der Waals surface area contributed by atoms with E-state index in [1.54, 1.807) is 30.3 Å². The predicted molar refractivity (Wildman–Crippen MR) is 183 cm³/mol. The Bertz CT molecular complexity index is 1530. The summed E-state index contributed by atoms with van der Waals surface area (Å²) < 4.78 is 16.7. The van der Waals surface area contributed by atoms with Crippen molar-refractivity contribution >= 4 is 75.1 Å². The van der Waals surface area contributed by atoms with Crippen LogP contribution in [0.15, 0.2) is 72.8 Å². The molecule has 0 amide bonds. The minimum atomic E-state index is -0.441. The van der Waals surface area contributed by atoms with Gasteiger partial charge in [-0.3, -0.25) is 0 Å². The number of hydrogen-bond donors (Lipinski definition) is 2. The Morgan fingerprint density at radius 2 is 1.07 bits per heavy atom. The Labute approximate surface area is 278 Å². The molecule has 44 heavy (non-hydrogen) atoms. The largest absolute Gasteiger partial charge is 0.490 e. The van der Waals surface area contributed by atoms with E-state index in [1.165, 1.54) is 7.11 Å². The number of methoxy groups -OCH3 is 1. The first-order valence-corrected chi connectivity index (χ1v) is 15.8. The van der Waals surface area contributed by atoms with Crippen molar-refractivity contribution in [3.63, 3.8) is 0 Å². The first-order chi connectivity index (χ1) is 21.3. The molecule has 0 aliphatic rings. The molecule has 232 valence electrons. The molecular formula is C34H34Cl4N2O4. The third-order valence-corrected chi connectivity index (χ3v) is 7.94. The van der Waals surface area contributed by atoms with Crippen LogP contribution in [0.5, 0.6) is 11.5 Å². The van der Waals surface area contributed by atoms with Crippen LogP contribution < -0.4 is 20.1 Å². The fraction of sp³-hybridized carbons (Fsp3) is 0.265. The second-order valence-electron chi connectivity index (χ2n) is 10.1. The quantitative estimate of drug-likeness (QED) is 0.0965. The van der Waals surface area contributed by atoms with E-state index >= 15 is 0 Å². The molecule has 0 aromatic heterocycles. The summed E-state index contributed by atoms with van der Waals surface area (Å²) in [5, 5.41) is 8.22. The third kappa shape index (κ3) is 9.35. The summed E-state index contributed by atoms with van der Waals surface area (Å²) >= 11 is 25.9. The van der Waals surface area contributed by atoms with Gasteiger partial charge in [-0.05, 0) is 67.8 Å². The number of para-hydroxylation sites is 2. The second kappa shape index (κ2) is 16.7. The molecule has 0 fully saturated rings. The standard InChI is InChI=1S/C34H34Cl4N2O4/c1-22-12-6-8-14-30(22)39-23-18-26(35)32(27(36)19-23)43-16-10-4-3-5-11-17-44-33-28(37)20-24(21-29(33)38)40-31-15-9-7-13-25(31)34(41)42-2/h6-9,12-15,18-21,39-40H,3-5,10-11,16-17H2,1-2H3. The van der Waals surface area contributed by atoms with Gasteiger partial charge in [0.2, 0.25) is 0 Å². The van der Waals surface area contributed by atoms with Gasteiger partial charge in [0, 0.05) is 17.1 Å². The lowest BCUT2D eigenvalue weighted by atomic mass is 10.1. The highest BCUT2D eigenvalue weighted by Crippen LogP contribution is 2.38. The molecule has 4 aromatic rings. The summed E-state index contributed by atoms with van der Waals surface area (Å²) in [5.74, 6) is 0.492. The Morgan fingerprint density at radius 1 is 0.636 bits per heavy atom. The molecule has 0 aliphatic heterocycles. The highest BCUT2D eigenvalue weighted by atomic mass is 35.5. The van der Waals surface area contributed by atoms with Gasteiger partial charge in [-0.25, -0.2) is 4.79 Å². The lowest BCUT2D eigenvalue weighted by molar-refractivity contribution is 0.0602. The summed E-state index contributed by atoms with van der Waals surface area (Å²) in [6.07, 6.45) is 4.74. The number of halogens is 4. The van der Waals surface area contributed by atoms with Gasteiger partial charge in [0.05, 0.1) is 51.7 Å². The molecule has 2 N–H and O–H groups in total. The molecule has 0 atom stereocenters. The summed E-state index contributed by atoms with van der Waals surface area (Å²) in [6, 6.07) is 22.1. The number of anilines is 4. The molecule has 0 radical (unpaired) electrons. The van der Waals surface area contributed by atoms with Crippen LogP contribution in [-0.4, -0.2) is 26.3 Å². The lowest BCUT2D eigenvalue weighted by Gasteiger charge is -2.15. The van der Waals surface area contributed by atoms with Crippen molar-refractivity contribution in [3.05, 3.63) is 104 Å². The Hall–Kier alpha value is -3.29. The highest BCUT2D eigenvalue weighted by molar-refractivity contribution is 6.38. The van der Waals surface area contributed by atoms with E-state index in [0.29, 0.717) is 61.7 Å². The van der Waals surface area contributed by atoms with Crippen LogP contribution in [0.2, 0.25) is 20.1 Å². The van der Waals surface area contributed by atoms with Gasteiger partial charge in [0.15, 0.2) is 11.5 Å². The number of carbonyl (C=O) groups excluding carboxylic acids is 1. The van der Waals surface area contributed by atoms with Crippen molar-refractivity contribution in [2.75, 3.05) is 31.0 Å². The number of nitrogens with one attached hydrogen (secondary N) is 2. The molecular weight excluding hydrogens is 642 g/mol. The van der Waals surface area contributed by atoms with Crippen LogP contribution in [0.3, 0.4) is 0 Å². The molecule has 0 saturated heterocycles. The second-order valence-corrected chi connectivity index (χ2v) is 11.7. The summed E-state index contributed by atoms with van der Waals surface area (Å²) in [4.78, 5) is 12.1. The fourth-order valence-electron chi connectivity index (χ4n) is 4.53. The number of unbranched alkanes of at least 4 members (excludes halogenated alkanes) is 4. The van der Waals surface area contributed by atoms with Crippen LogP contribution in [0.1, 0.15) is 48.0 Å². The van der Waals surface area contributed by atoms with Crippen molar-refractivity contribution < 1.29 is 19.0 Å². The fourth-order valence-corrected chi connectivity index (χ4v) is 5.72. The number of hydrogen-bond acceptors (Lipinski definition) is 6. The number of benzene rings is 4. The van der Waals surface area contributed by atoms with E-state index in [9.17, 15) is 4.79 Å². The van der Waals surface area contributed by atoms with Crippen LogP contribution in [-0.2, 0) is 4.74 Å². The maximum absolute atomic E-state index is 12.1.